The number of hydrogen-bond donors (Lipinski definition) is 1. The Balaban J connectivity index is 1.68. The molecule has 1 aliphatic rings. The Morgan fingerprint density at radius 1 is 1.15 bits per heavy atom. The van der Waals surface area contributed by atoms with E-state index < -0.39 is 18.1 Å². The summed E-state index contributed by atoms with van der Waals surface area (Å²) in [6.45, 7) is 0.218. The molecule has 0 saturated carbocycles. The second kappa shape index (κ2) is 9.05. The smallest absolute Gasteiger partial charge is 0.378 e. The van der Waals surface area contributed by atoms with Gasteiger partial charge in [0.05, 0.1) is 22.6 Å². The third-order valence-corrected chi connectivity index (χ3v) is 5.29. The normalized spacial score (nSPS) is 13.5. The zero-order valence-electron chi connectivity index (χ0n) is 18.4. The molecule has 0 atom stereocenters. The van der Waals surface area contributed by atoms with E-state index in [4.69, 9.17) is 0 Å². The van der Waals surface area contributed by atoms with Gasteiger partial charge >= 0.3 is 12.1 Å². The Bertz CT molecular complexity index is 1260. The van der Waals surface area contributed by atoms with Crippen molar-refractivity contribution in [3.63, 3.8) is 0 Å². The molecule has 1 aromatic carbocycles. The summed E-state index contributed by atoms with van der Waals surface area (Å²) in [6.07, 6.45) is 0.140. The first kappa shape index (κ1) is 23.1. The maximum Gasteiger partial charge on any atom is 0.493 e. The molecule has 7 nitrogen and oxygen atoms in total. The highest BCUT2D eigenvalue weighted by atomic mass is 19.4. The van der Waals surface area contributed by atoms with Crippen molar-refractivity contribution in [3.05, 3.63) is 71.2 Å². The summed E-state index contributed by atoms with van der Waals surface area (Å²) < 4.78 is 39.5. The van der Waals surface area contributed by atoms with Gasteiger partial charge in [-0.05, 0) is 42.0 Å². The van der Waals surface area contributed by atoms with E-state index in [0.29, 0.717) is 11.3 Å². The third kappa shape index (κ3) is 4.80. The third-order valence-electron chi connectivity index (χ3n) is 5.29. The van der Waals surface area contributed by atoms with E-state index in [2.05, 4.69) is 15.1 Å². The molecule has 3 aromatic rings. The highest BCUT2D eigenvalue weighted by molar-refractivity contribution is 5.98. The van der Waals surface area contributed by atoms with Crippen molar-refractivity contribution in [3.8, 4) is 11.3 Å². The second-order valence-electron chi connectivity index (χ2n) is 7.86. The monoisotopic (exact) mass is 470 g/mol. The average Bonchev–Trinajstić information content (AvgIpc) is 3.17. The number of anilines is 1. The molecule has 1 N–H and O–H groups in total. The molecule has 0 unspecified atom stereocenters. The van der Waals surface area contributed by atoms with Gasteiger partial charge in [0.15, 0.2) is 0 Å². The summed E-state index contributed by atoms with van der Waals surface area (Å²) in [5, 5.41) is 2.63. The van der Waals surface area contributed by atoms with Gasteiger partial charge in [-0.1, -0.05) is 18.2 Å². The molecule has 0 fully saturated rings. The fraction of sp³-hybridized carbons (Fsp3) is 0.208. The van der Waals surface area contributed by atoms with Crippen LogP contribution in [-0.4, -0.2) is 48.4 Å². The van der Waals surface area contributed by atoms with Crippen LogP contribution in [0.1, 0.15) is 27.3 Å². The SMILES string of the molecule is CN(C)c1ccc(C=Cc2cc(-c3cc4c(n3OC(=O)C(F)(F)F)CCNC4=O)ccn2)cc1. The number of fused-ring (bicyclic) bond motifs is 1. The van der Waals surface area contributed by atoms with Crippen molar-refractivity contribution < 1.29 is 27.6 Å². The van der Waals surface area contributed by atoms with E-state index >= 15 is 0 Å². The lowest BCUT2D eigenvalue weighted by atomic mass is 10.1. The van der Waals surface area contributed by atoms with Crippen LogP contribution in [0.4, 0.5) is 18.9 Å². The molecule has 34 heavy (non-hydrogen) atoms. The van der Waals surface area contributed by atoms with Gasteiger partial charge in [0.2, 0.25) is 0 Å². The van der Waals surface area contributed by atoms with Crippen LogP contribution < -0.4 is 15.1 Å². The second-order valence-corrected chi connectivity index (χ2v) is 7.86. The number of hydrogen-bond acceptors (Lipinski definition) is 5. The number of nitrogens with zero attached hydrogens (tertiary/aromatic N) is 3. The van der Waals surface area contributed by atoms with Crippen molar-refractivity contribution in [2.75, 3.05) is 25.5 Å². The molecule has 2 aromatic heterocycles. The van der Waals surface area contributed by atoms with Gasteiger partial charge in [-0.2, -0.15) is 17.9 Å². The average molecular weight is 470 g/mol. The number of rotatable bonds is 5. The molecule has 176 valence electrons. The van der Waals surface area contributed by atoms with Crippen molar-refractivity contribution in [1.82, 2.24) is 15.0 Å². The predicted molar refractivity (Wildman–Crippen MR) is 121 cm³/mol. The summed E-state index contributed by atoms with van der Waals surface area (Å²) in [6, 6.07) is 12.5. The molecule has 1 amide bonds. The lowest BCUT2D eigenvalue weighted by molar-refractivity contribution is -0.199. The zero-order valence-corrected chi connectivity index (χ0v) is 18.4. The number of pyridine rings is 1. The number of carbonyl (C=O) groups excluding carboxylic acids is 2. The van der Waals surface area contributed by atoms with Crippen LogP contribution in [0.15, 0.2) is 48.7 Å². The van der Waals surface area contributed by atoms with Crippen LogP contribution >= 0.6 is 0 Å². The van der Waals surface area contributed by atoms with Gasteiger partial charge in [-0.15, -0.1) is 0 Å². The largest absolute Gasteiger partial charge is 0.493 e. The van der Waals surface area contributed by atoms with Crippen molar-refractivity contribution in [2.45, 2.75) is 12.6 Å². The minimum absolute atomic E-state index is 0.145. The first-order valence-electron chi connectivity index (χ1n) is 10.4. The Kier molecular flexibility index (Phi) is 6.14. The van der Waals surface area contributed by atoms with Crippen LogP contribution in [-0.2, 0) is 11.2 Å². The summed E-state index contributed by atoms with van der Waals surface area (Å²) in [4.78, 5) is 34.8. The molecule has 1 aliphatic heterocycles. The number of halogens is 3. The highest BCUT2D eigenvalue weighted by Crippen LogP contribution is 2.29. The topological polar surface area (TPSA) is 76.5 Å². The standard InChI is InChI=1S/C24H21F3N4O3/c1-30(2)18-7-4-15(5-8-18)3-6-17-13-16(9-11-28-17)21-14-19-20(10-12-29-22(19)32)31(21)34-23(33)24(25,26)27/h3-9,11,13-14H,10,12H2,1-2H3,(H,29,32). The summed E-state index contributed by atoms with van der Waals surface area (Å²) >= 11 is 0. The minimum Gasteiger partial charge on any atom is -0.378 e. The molecule has 10 heteroatoms. The number of amides is 1. The fourth-order valence-corrected chi connectivity index (χ4v) is 3.56. The summed E-state index contributed by atoms with van der Waals surface area (Å²) in [5.74, 6) is -2.81. The summed E-state index contributed by atoms with van der Waals surface area (Å²) in [7, 11) is 3.90. The molecule has 0 aliphatic carbocycles. The molecule has 4 rings (SSSR count). The van der Waals surface area contributed by atoms with Crippen molar-refractivity contribution >= 4 is 29.7 Å². The van der Waals surface area contributed by atoms with Gasteiger partial charge < -0.3 is 15.1 Å². The number of nitrogens with one attached hydrogen (secondary N) is 1. The van der Waals surface area contributed by atoms with Crippen LogP contribution in [0.3, 0.4) is 0 Å². The quantitative estimate of drug-likeness (QED) is 0.617. The fourth-order valence-electron chi connectivity index (χ4n) is 3.56. The van der Waals surface area contributed by atoms with E-state index in [1.165, 1.54) is 12.3 Å². The molecule has 0 radical (unpaired) electrons. The van der Waals surface area contributed by atoms with Crippen LogP contribution in [0.2, 0.25) is 0 Å². The Morgan fingerprint density at radius 2 is 1.88 bits per heavy atom. The zero-order chi connectivity index (χ0) is 24.5. The Morgan fingerprint density at radius 3 is 2.56 bits per heavy atom. The number of carbonyl (C=O) groups is 2. The van der Waals surface area contributed by atoms with Crippen LogP contribution in [0, 0.1) is 0 Å². The highest BCUT2D eigenvalue weighted by Gasteiger charge is 2.43. The maximum absolute atomic E-state index is 12.9. The van der Waals surface area contributed by atoms with E-state index in [1.54, 1.807) is 18.2 Å². The Hall–Kier alpha value is -4.08. The molecular formula is C24H21F3N4O3. The Labute approximate surface area is 193 Å². The molecule has 0 saturated heterocycles. The van der Waals surface area contributed by atoms with Gasteiger partial charge in [-0.25, -0.2) is 4.79 Å². The molecule has 0 spiro atoms. The van der Waals surface area contributed by atoms with E-state index in [0.717, 1.165) is 16.0 Å². The van der Waals surface area contributed by atoms with Crippen molar-refractivity contribution in [2.24, 2.45) is 0 Å². The first-order chi connectivity index (χ1) is 16.1. The molecular weight excluding hydrogens is 449 g/mol. The van der Waals surface area contributed by atoms with E-state index in [-0.39, 0.29) is 29.9 Å². The molecule has 0 bridgehead atoms. The van der Waals surface area contributed by atoms with Crippen LogP contribution in [0.25, 0.3) is 23.4 Å². The van der Waals surface area contributed by atoms with Crippen LogP contribution in [0.5, 0.6) is 0 Å². The van der Waals surface area contributed by atoms with Gasteiger partial charge in [0, 0.05) is 44.5 Å². The lowest BCUT2D eigenvalue weighted by Gasteiger charge is -2.17. The summed E-state index contributed by atoms with van der Waals surface area (Å²) in [5.41, 5.74) is 3.47. The lowest BCUT2D eigenvalue weighted by Crippen LogP contribution is -2.37. The molecule has 3 heterocycles. The van der Waals surface area contributed by atoms with E-state index in [9.17, 15) is 22.8 Å². The van der Waals surface area contributed by atoms with E-state index in [1.807, 2.05) is 49.3 Å². The number of aromatic nitrogens is 2. The maximum atomic E-state index is 12.9. The van der Waals surface area contributed by atoms with Gasteiger partial charge in [0.25, 0.3) is 5.91 Å². The first-order valence-corrected chi connectivity index (χ1v) is 10.4. The van der Waals surface area contributed by atoms with Gasteiger partial charge in [-0.3, -0.25) is 9.78 Å². The predicted octanol–water partition coefficient (Wildman–Crippen LogP) is 3.59. The number of alkyl halides is 3. The minimum atomic E-state index is -5.18. The van der Waals surface area contributed by atoms with Gasteiger partial charge in [0.1, 0.15) is 0 Å². The van der Waals surface area contributed by atoms with Crippen molar-refractivity contribution in [1.29, 1.82) is 0 Å². The number of benzene rings is 1.